The van der Waals surface area contributed by atoms with E-state index in [2.05, 4.69) is 11.4 Å². The molecule has 0 aliphatic rings. The van der Waals surface area contributed by atoms with Crippen molar-refractivity contribution in [1.82, 2.24) is 0 Å². The molecular formula is C12H19NO2. The third-order valence-corrected chi connectivity index (χ3v) is 2.39. The molecular weight excluding hydrogens is 190 g/mol. The lowest BCUT2D eigenvalue weighted by atomic mass is 10.2. The fraction of sp³-hybridized carbons (Fsp3) is 0.500. The van der Waals surface area contributed by atoms with Crippen LogP contribution in [0.4, 0.5) is 5.69 Å². The number of ether oxygens (including phenoxy) is 2. The Morgan fingerprint density at radius 3 is 2.60 bits per heavy atom. The maximum Gasteiger partial charge on any atom is 0.121 e. The van der Waals surface area contributed by atoms with Crippen molar-refractivity contribution in [3.05, 3.63) is 23.8 Å². The smallest absolute Gasteiger partial charge is 0.121 e. The molecule has 0 saturated heterocycles. The van der Waals surface area contributed by atoms with Gasteiger partial charge in [0.2, 0.25) is 0 Å². The van der Waals surface area contributed by atoms with Gasteiger partial charge in [-0.25, -0.2) is 0 Å². The van der Waals surface area contributed by atoms with Crippen molar-refractivity contribution in [3.8, 4) is 5.75 Å². The fourth-order valence-corrected chi connectivity index (χ4v) is 1.33. The monoisotopic (exact) mass is 209 g/mol. The lowest BCUT2D eigenvalue weighted by Gasteiger charge is -2.13. The first kappa shape index (κ1) is 11.9. The van der Waals surface area contributed by atoms with Crippen LogP contribution in [0.15, 0.2) is 18.2 Å². The van der Waals surface area contributed by atoms with Gasteiger partial charge in [0.25, 0.3) is 0 Å². The highest BCUT2D eigenvalue weighted by Gasteiger charge is 2.01. The SMILES string of the molecule is COc1ccc(NCC(C)OC)cc1C. The van der Waals surface area contributed by atoms with Gasteiger partial charge < -0.3 is 14.8 Å². The summed E-state index contributed by atoms with van der Waals surface area (Å²) in [4.78, 5) is 0. The van der Waals surface area contributed by atoms with E-state index in [-0.39, 0.29) is 6.10 Å². The van der Waals surface area contributed by atoms with E-state index in [0.717, 1.165) is 23.5 Å². The van der Waals surface area contributed by atoms with Gasteiger partial charge in [-0.15, -0.1) is 0 Å². The molecule has 0 spiro atoms. The van der Waals surface area contributed by atoms with Crippen LogP contribution in [0.25, 0.3) is 0 Å². The second-order valence-corrected chi connectivity index (χ2v) is 3.61. The first-order valence-corrected chi connectivity index (χ1v) is 5.08. The summed E-state index contributed by atoms with van der Waals surface area (Å²) in [6.07, 6.45) is 0.215. The van der Waals surface area contributed by atoms with Gasteiger partial charge in [-0.05, 0) is 37.6 Å². The van der Waals surface area contributed by atoms with E-state index in [4.69, 9.17) is 9.47 Å². The van der Waals surface area contributed by atoms with Gasteiger partial charge in [0.1, 0.15) is 5.75 Å². The molecule has 0 aromatic heterocycles. The minimum absolute atomic E-state index is 0.215. The molecule has 0 heterocycles. The number of benzene rings is 1. The van der Waals surface area contributed by atoms with Crippen molar-refractivity contribution in [2.24, 2.45) is 0 Å². The zero-order valence-corrected chi connectivity index (χ0v) is 9.83. The van der Waals surface area contributed by atoms with Gasteiger partial charge in [0.05, 0.1) is 13.2 Å². The van der Waals surface area contributed by atoms with Crippen LogP contribution in [0.5, 0.6) is 5.75 Å². The topological polar surface area (TPSA) is 30.5 Å². The highest BCUT2D eigenvalue weighted by Crippen LogP contribution is 2.21. The molecule has 1 atom stereocenters. The van der Waals surface area contributed by atoms with Gasteiger partial charge in [-0.3, -0.25) is 0 Å². The summed E-state index contributed by atoms with van der Waals surface area (Å²) < 4.78 is 10.4. The van der Waals surface area contributed by atoms with Crippen LogP contribution in [0.1, 0.15) is 12.5 Å². The summed E-state index contributed by atoms with van der Waals surface area (Å²) in [5.41, 5.74) is 2.23. The third kappa shape index (κ3) is 3.44. The van der Waals surface area contributed by atoms with E-state index in [1.807, 2.05) is 26.0 Å². The van der Waals surface area contributed by atoms with Crippen LogP contribution in [0.2, 0.25) is 0 Å². The van der Waals surface area contributed by atoms with Crippen LogP contribution in [-0.2, 0) is 4.74 Å². The maximum absolute atomic E-state index is 5.19. The van der Waals surface area contributed by atoms with E-state index >= 15 is 0 Å². The number of rotatable bonds is 5. The zero-order chi connectivity index (χ0) is 11.3. The molecule has 15 heavy (non-hydrogen) atoms. The van der Waals surface area contributed by atoms with E-state index in [1.54, 1.807) is 14.2 Å². The van der Waals surface area contributed by atoms with E-state index < -0.39 is 0 Å². The van der Waals surface area contributed by atoms with E-state index in [9.17, 15) is 0 Å². The van der Waals surface area contributed by atoms with Crippen molar-refractivity contribution >= 4 is 5.69 Å². The first-order valence-electron chi connectivity index (χ1n) is 5.08. The summed E-state index contributed by atoms with van der Waals surface area (Å²) in [6, 6.07) is 6.05. The van der Waals surface area contributed by atoms with E-state index in [1.165, 1.54) is 0 Å². The molecule has 1 N–H and O–H groups in total. The Hall–Kier alpha value is -1.22. The van der Waals surface area contributed by atoms with Gasteiger partial charge >= 0.3 is 0 Å². The van der Waals surface area contributed by atoms with E-state index in [0.29, 0.717) is 0 Å². The molecule has 3 heteroatoms. The molecule has 84 valence electrons. The Balaban J connectivity index is 2.59. The minimum atomic E-state index is 0.215. The number of hydrogen-bond donors (Lipinski definition) is 1. The third-order valence-electron chi connectivity index (χ3n) is 2.39. The second-order valence-electron chi connectivity index (χ2n) is 3.61. The first-order chi connectivity index (χ1) is 7.17. The Bertz CT molecular complexity index is 312. The normalized spacial score (nSPS) is 12.3. The average molecular weight is 209 g/mol. The van der Waals surface area contributed by atoms with Crippen molar-refractivity contribution in [2.75, 3.05) is 26.1 Å². The van der Waals surface area contributed by atoms with Crippen LogP contribution in [0, 0.1) is 6.92 Å². The minimum Gasteiger partial charge on any atom is -0.496 e. The molecule has 0 saturated carbocycles. The van der Waals surface area contributed by atoms with Crippen LogP contribution in [-0.4, -0.2) is 26.9 Å². The standard InChI is InChI=1S/C12H19NO2/c1-9-7-11(5-6-12(9)15-4)13-8-10(2)14-3/h5-7,10,13H,8H2,1-4H3. The van der Waals surface area contributed by atoms with Gasteiger partial charge in [0, 0.05) is 19.3 Å². The zero-order valence-electron chi connectivity index (χ0n) is 9.83. The lowest BCUT2D eigenvalue weighted by molar-refractivity contribution is 0.129. The number of methoxy groups -OCH3 is 2. The molecule has 0 radical (unpaired) electrons. The summed E-state index contributed by atoms with van der Waals surface area (Å²) in [6.45, 7) is 4.87. The molecule has 1 rings (SSSR count). The van der Waals surface area contributed by atoms with Gasteiger partial charge in [-0.2, -0.15) is 0 Å². The van der Waals surface area contributed by atoms with Crippen molar-refractivity contribution in [1.29, 1.82) is 0 Å². The Kier molecular flexibility index (Phi) is 4.43. The second kappa shape index (κ2) is 5.61. The number of anilines is 1. The van der Waals surface area contributed by atoms with Crippen molar-refractivity contribution in [2.45, 2.75) is 20.0 Å². The summed E-state index contributed by atoms with van der Waals surface area (Å²) in [7, 11) is 3.40. The summed E-state index contributed by atoms with van der Waals surface area (Å²) >= 11 is 0. The molecule has 0 aliphatic carbocycles. The average Bonchev–Trinajstić information content (AvgIpc) is 2.26. The molecule has 1 aromatic rings. The largest absolute Gasteiger partial charge is 0.496 e. The maximum atomic E-state index is 5.19. The molecule has 0 aliphatic heterocycles. The number of nitrogens with one attached hydrogen (secondary N) is 1. The quantitative estimate of drug-likeness (QED) is 0.808. The molecule has 1 unspecified atom stereocenters. The molecule has 0 bridgehead atoms. The Morgan fingerprint density at radius 1 is 1.33 bits per heavy atom. The summed E-state index contributed by atoms with van der Waals surface area (Å²) in [5.74, 6) is 0.917. The predicted molar refractivity (Wildman–Crippen MR) is 62.7 cm³/mol. The Labute approximate surface area is 91.4 Å². The van der Waals surface area contributed by atoms with Crippen LogP contribution < -0.4 is 10.1 Å². The lowest BCUT2D eigenvalue weighted by Crippen LogP contribution is -2.18. The molecule has 1 aromatic carbocycles. The highest BCUT2D eigenvalue weighted by molar-refractivity contribution is 5.50. The molecule has 0 amide bonds. The van der Waals surface area contributed by atoms with Crippen molar-refractivity contribution < 1.29 is 9.47 Å². The van der Waals surface area contributed by atoms with Crippen molar-refractivity contribution in [3.63, 3.8) is 0 Å². The number of hydrogen-bond acceptors (Lipinski definition) is 3. The van der Waals surface area contributed by atoms with Gasteiger partial charge in [-0.1, -0.05) is 0 Å². The van der Waals surface area contributed by atoms with Crippen LogP contribution in [0.3, 0.4) is 0 Å². The highest BCUT2D eigenvalue weighted by atomic mass is 16.5. The Morgan fingerprint density at radius 2 is 2.07 bits per heavy atom. The van der Waals surface area contributed by atoms with Crippen LogP contribution >= 0.6 is 0 Å². The van der Waals surface area contributed by atoms with Gasteiger partial charge in [0.15, 0.2) is 0 Å². The predicted octanol–water partition coefficient (Wildman–Crippen LogP) is 2.45. The number of aryl methyl sites for hydroxylation is 1. The summed E-state index contributed by atoms with van der Waals surface area (Å²) in [5, 5.41) is 3.31. The molecule has 3 nitrogen and oxygen atoms in total. The molecule has 0 fully saturated rings. The fourth-order valence-electron chi connectivity index (χ4n) is 1.33.